The summed E-state index contributed by atoms with van der Waals surface area (Å²) >= 11 is 0. The lowest BCUT2D eigenvalue weighted by molar-refractivity contribution is 0.208. The number of hydrogen-bond acceptors (Lipinski definition) is 6. The molecule has 2 aromatic carbocycles. The minimum Gasteiger partial charge on any atom is -0.497 e. The van der Waals surface area contributed by atoms with Crippen LogP contribution in [0.25, 0.3) is 0 Å². The average Bonchev–Trinajstić information content (AvgIpc) is 2.86. The van der Waals surface area contributed by atoms with Gasteiger partial charge in [0.2, 0.25) is 5.88 Å². The van der Waals surface area contributed by atoms with E-state index in [9.17, 15) is 4.79 Å². The second kappa shape index (κ2) is 10.1. The SMILES string of the molecule is COc1ccc(N2CCN(C(=O)Nc3ccc(Oc4ccc(C)cc4OC)nc3)CC2)cc1. The normalized spacial score (nSPS) is 13.4. The number of rotatable bonds is 6. The molecule has 3 aromatic rings. The third-order valence-corrected chi connectivity index (χ3v) is 5.53. The molecule has 1 aliphatic heterocycles. The van der Waals surface area contributed by atoms with Gasteiger partial charge < -0.3 is 29.3 Å². The number of carbonyl (C=O) groups is 1. The highest BCUT2D eigenvalue weighted by Crippen LogP contribution is 2.31. The fourth-order valence-electron chi connectivity index (χ4n) is 3.65. The van der Waals surface area contributed by atoms with Gasteiger partial charge in [0.15, 0.2) is 11.5 Å². The summed E-state index contributed by atoms with van der Waals surface area (Å²) in [5.41, 5.74) is 2.82. The average molecular weight is 449 g/mol. The summed E-state index contributed by atoms with van der Waals surface area (Å²) in [6.45, 7) is 4.80. The Kier molecular flexibility index (Phi) is 6.83. The number of nitrogens with zero attached hydrogens (tertiary/aromatic N) is 3. The smallest absolute Gasteiger partial charge is 0.322 e. The van der Waals surface area contributed by atoms with Crippen molar-refractivity contribution in [2.24, 2.45) is 0 Å². The molecule has 2 amide bonds. The summed E-state index contributed by atoms with van der Waals surface area (Å²) in [6, 6.07) is 17.0. The lowest BCUT2D eigenvalue weighted by atomic mass is 10.2. The predicted octanol–water partition coefficient (Wildman–Crippen LogP) is 4.55. The number of aryl methyl sites for hydroxylation is 1. The molecule has 1 fully saturated rings. The fraction of sp³-hybridized carbons (Fsp3) is 0.280. The van der Waals surface area contributed by atoms with Gasteiger partial charge in [0.05, 0.1) is 26.1 Å². The zero-order chi connectivity index (χ0) is 23.2. The van der Waals surface area contributed by atoms with E-state index >= 15 is 0 Å². The van der Waals surface area contributed by atoms with Crippen LogP contribution in [0.2, 0.25) is 0 Å². The first-order chi connectivity index (χ1) is 16.1. The molecule has 0 bridgehead atoms. The Morgan fingerprint density at radius 3 is 2.30 bits per heavy atom. The molecule has 0 radical (unpaired) electrons. The summed E-state index contributed by atoms with van der Waals surface area (Å²) in [5, 5.41) is 2.91. The summed E-state index contributed by atoms with van der Waals surface area (Å²) < 4.78 is 16.4. The maximum absolute atomic E-state index is 12.7. The number of amides is 2. The van der Waals surface area contributed by atoms with Gasteiger partial charge in [0.1, 0.15) is 5.75 Å². The Morgan fingerprint density at radius 1 is 0.909 bits per heavy atom. The standard InChI is InChI=1S/C25H28N4O4/c1-18-4-10-22(23(16-18)32-3)33-24-11-5-19(17-26-24)27-25(30)29-14-12-28(13-15-29)20-6-8-21(31-2)9-7-20/h4-11,16-17H,12-15H2,1-3H3,(H,27,30). The molecule has 0 atom stereocenters. The topological polar surface area (TPSA) is 76.2 Å². The van der Waals surface area contributed by atoms with Crippen LogP contribution in [0.15, 0.2) is 60.8 Å². The molecule has 4 rings (SSSR count). The van der Waals surface area contributed by atoms with Crippen LogP contribution in [-0.2, 0) is 0 Å². The number of piperazine rings is 1. The molecule has 0 saturated carbocycles. The van der Waals surface area contributed by atoms with Crippen molar-refractivity contribution >= 4 is 17.4 Å². The Morgan fingerprint density at radius 2 is 1.67 bits per heavy atom. The van der Waals surface area contributed by atoms with Crippen molar-refractivity contribution in [3.63, 3.8) is 0 Å². The number of hydrogen-bond donors (Lipinski definition) is 1. The minimum atomic E-state index is -0.139. The molecule has 0 spiro atoms. The van der Waals surface area contributed by atoms with E-state index in [4.69, 9.17) is 14.2 Å². The van der Waals surface area contributed by atoms with Crippen molar-refractivity contribution in [2.45, 2.75) is 6.92 Å². The van der Waals surface area contributed by atoms with Crippen LogP contribution in [0.1, 0.15) is 5.56 Å². The van der Waals surface area contributed by atoms with Gasteiger partial charge >= 0.3 is 6.03 Å². The zero-order valence-corrected chi connectivity index (χ0v) is 19.1. The van der Waals surface area contributed by atoms with E-state index < -0.39 is 0 Å². The molecule has 33 heavy (non-hydrogen) atoms. The molecule has 0 aliphatic carbocycles. The number of pyridine rings is 1. The van der Waals surface area contributed by atoms with Gasteiger partial charge in [-0.05, 0) is 55.0 Å². The van der Waals surface area contributed by atoms with Crippen LogP contribution < -0.4 is 24.4 Å². The highest BCUT2D eigenvalue weighted by molar-refractivity contribution is 5.89. The van der Waals surface area contributed by atoms with Gasteiger partial charge in [-0.1, -0.05) is 6.07 Å². The van der Waals surface area contributed by atoms with Crippen molar-refractivity contribution in [1.82, 2.24) is 9.88 Å². The second-order valence-corrected chi connectivity index (χ2v) is 7.74. The van der Waals surface area contributed by atoms with Crippen molar-refractivity contribution in [3.05, 3.63) is 66.4 Å². The number of aromatic nitrogens is 1. The van der Waals surface area contributed by atoms with Crippen molar-refractivity contribution in [1.29, 1.82) is 0 Å². The van der Waals surface area contributed by atoms with Crippen LogP contribution in [0.3, 0.4) is 0 Å². The molecule has 1 N–H and O–H groups in total. The second-order valence-electron chi connectivity index (χ2n) is 7.74. The first kappa shape index (κ1) is 22.3. The van der Waals surface area contributed by atoms with E-state index in [1.54, 1.807) is 32.5 Å². The number of benzene rings is 2. The summed E-state index contributed by atoms with van der Waals surface area (Å²) in [4.78, 5) is 21.1. The van der Waals surface area contributed by atoms with Gasteiger partial charge in [-0.25, -0.2) is 9.78 Å². The summed E-state index contributed by atoms with van der Waals surface area (Å²) in [6.07, 6.45) is 1.58. The number of methoxy groups -OCH3 is 2. The highest BCUT2D eigenvalue weighted by atomic mass is 16.5. The summed E-state index contributed by atoms with van der Waals surface area (Å²) in [5.74, 6) is 2.48. The molecular weight excluding hydrogens is 420 g/mol. The minimum absolute atomic E-state index is 0.139. The molecule has 8 nitrogen and oxygen atoms in total. The predicted molar refractivity (Wildman–Crippen MR) is 128 cm³/mol. The molecule has 0 unspecified atom stereocenters. The highest BCUT2D eigenvalue weighted by Gasteiger charge is 2.21. The van der Waals surface area contributed by atoms with E-state index in [1.165, 1.54) is 0 Å². The van der Waals surface area contributed by atoms with Gasteiger partial charge in [-0.3, -0.25) is 0 Å². The molecule has 8 heteroatoms. The maximum Gasteiger partial charge on any atom is 0.322 e. The lowest BCUT2D eigenvalue weighted by Crippen LogP contribution is -2.50. The largest absolute Gasteiger partial charge is 0.497 e. The molecule has 2 heterocycles. The number of urea groups is 1. The number of ether oxygens (including phenoxy) is 3. The Labute approximate surface area is 193 Å². The van der Waals surface area contributed by atoms with Crippen LogP contribution in [0.4, 0.5) is 16.2 Å². The van der Waals surface area contributed by atoms with E-state index in [0.717, 1.165) is 30.1 Å². The fourth-order valence-corrected chi connectivity index (χ4v) is 3.65. The van der Waals surface area contributed by atoms with Crippen molar-refractivity contribution < 1.29 is 19.0 Å². The van der Waals surface area contributed by atoms with Crippen molar-refractivity contribution in [2.75, 3.05) is 50.6 Å². The molecule has 1 saturated heterocycles. The number of anilines is 2. The Hall–Kier alpha value is -3.94. The van der Waals surface area contributed by atoms with Crippen LogP contribution in [0.5, 0.6) is 23.1 Å². The van der Waals surface area contributed by atoms with Crippen LogP contribution >= 0.6 is 0 Å². The van der Waals surface area contributed by atoms with E-state index in [0.29, 0.717) is 36.2 Å². The third kappa shape index (κ3) is 5.46. The monoisotopic (exact) mass is 448 g/mol. The number of carbonyl (C=O) groups excluding carboxylic acids is 1. The van der Waals surface area contributed by atoms with Gasteiger partial charge in [-0.2, -0.15) is 0 Å². The van der Waals surface area contributed by atoms with Gasteiger partial charge in [0.25, 0.3) is 0 Å². The van der Waals surface area contributed by atoms with E-state index in [1.807, 2.05) is 54.3 Å². The number of nitrogens with one attached hydrogen (secondary N) is 1. The van der Waals surface area contributed by atoms with E-state index in [-0.39, 0.29) is 6.03 Å². The van der Waals surface area contributed by atoms with E-state index in [2.05, 4.69) is 15.2 Å². The van der Waals surface area contributed by atoms with Crippen LogP contribution in [0, 0.1) is 6.92 Å². The first-order valence-electron chi connectivity index (χ1n) is 10.8. The maximum atomic E-state index is 12.7. The lowest BCUT2D eigenvalue weighted by Gasteiger charge is -2.36. The quantitative estimate of drug-likeness (QED) is 0.596. The Balaban J connectivity index is 1.30. The first-order valence-corrected chi connectivity index (χ1v) is 10.8. The van der Waals surface area contributed by atoms with Gasteiger partial charge in [-0.15, -0.1) is 0 Å². The molecule has 1 aliphatic rings. The summed E-state index contributed by atoms with van der Waals surface area (Å²) in [7, 11) is 3.26. The molecular formula is C25H28N4O4. The molecule has 1 aromatic heterocycles. The van der Waals surface area contributed by atoms with Gasteiger partial charge in [0, 0.05) is 37.9 Å². The van der Waals surface area contributed by atoms with Crippen LogP contribution in [-0.4, -0.2) is 56.3 Å². The van der Waals surface area contributed by atoms with Crippen molar-refractivity contribution in [3.8, 4) is 23.1 Å². The Bertz CT molecular complexity index is 1080. The third-order valence-electron chi connectivity index (χ3n) is 5.53. The molecule has 172 valence electrons. The zero-order valence-electron chi connectivity index (χ0n) is 19.1.